The largest absolute Gasteiger partial charge is 0.462 e. The Labute approximate surface area is 480 Å². The van der Waals surface area contributed by atoms with Gasteiger partial charge in [-0.3, -0.25) is 14.4 Å². The Morgan fingerprint density at radius 1 is 0.269 bits per heavy atom. The highest BCUT2D eigenvalue weighted by Gasteiger charge is 2.19. The molecule has 1 atom stereocenters. The van der Waals surface area contributed by atoms with Crippen LogP contribution in [-0.2, 0) is 28.6 Å². The quantitative estimate of drug-likeness (QED) is 0.0261. The molecule has 78 heavy (non-hydrogen) atoms. The molecule has 0 aromatic rings. The first-order valence-corrected chi connectivity index (χ1v) is 31.8. The molecule has 0 aromatic carbocycles. The van der Waals surface area contributed by atoms with Crippen molar-refractivity contribution in [2.24, 2.45) is 0 Å². The molecule has 0 fully saturated rings. The summed E-state index contributed by atoms with van der Waals surface area (Å²) in [5, 5.41) is 0. The number of unbranched alkanes of at least 4 members (excludes halogenated alkanes) is 21. The van der Waals surface area contributed by atoms with Crippen LogP contribution in [0.2, 0.25) is 0 Å². The number of esters is 3. The molecule has 1 unspecified atom stereocenters. The molecule has 0 bridgehead atoms. The zero-order valence-corrected chi connectivity index (χ0v) is 50.4. The Balaban J connectivity index is 4.18. The van der Waals surface area contributed by atoms with Crippen LogP contribution in [0.25, 0.3) is 0 Å². The highest BCUT2D eigenvalue weighted by atomic mass is 16.6. The topological polar surface area (TPSA) is 78.9 Å². The average molecular weight is 1080 g/mol. The fourth-order valence-electron chi connectivity index (χ4n) is 8.39. The summed E-state index contributed by atoms with van der Waals surface area (Å²) in [7, 11) is 0. The van der Waals surface area contributed by atoms with E-state index in [1.54, 1.807) is 0 Å². The second-order valence-corrected chi connectivity index (χ2v) is 20.6. The Kier molecular flexibility index (Phi) is 60.9. The van der Waals surface area contributed by atoms with Gasteiger partial charge in [0.1, 0.15) is 13.2 Å². The van der Waals surface area contributed by atoms with Gasteiger partial charge in [0, 0.05) is 19.3 Å². The summed E-state index contributed by atoms with van der Waals surface area (Å²) in [6, 6.07) is 0. The molecule has 0 spiro atoms. The van der Waals surface area contributed by atoms with E-state index in [0.29, 0.717) is 19.3 Å². The number of carbonyl (C=O) groups excluding carboxylic acids is 3. The standard InChI is InChI=1S/C72H116O6/c1-4-7-10-13-16-18-20-22-24-26-28-30-32-34-36-38-40-42-44-46-48-50-52-54-56-59-62-65-71(74)77-68-69(67-76-70(73)64-61-58-15-12-9-6-3)78-72(75)66-63-60-57-55-53-51-49-47-45-43-41-39-37-35-33-31-29-27-25-23-21-19-17-14-11-8-5-2/h7-8,10-11,16-19,22-25,28-31,34-37,40-43,69H,4-6,9,12-15,20-21,26-27,32-33,38-39,44-68H2,1-3H3/b10-7-,11-8-,18-16-,19-17-,24-22-,25-23-,30-28-,31-29-,36-34-,37-35-,42-40-,43-41-. The molecule has 0 saturated carbocycles. The zero-order chi connectivity index (χ0) is 56.4. The molecule has 0 heterocycles. The van der Waals surface area contributed by atoms with Gasteiger partial charge in [0.25, 0.3) is 0 Å². The third kappa shape index (κ3) is 62.1. The average Bonchev–Trinajstić information content (AvgIpc) is 3.44. The fraction of sp³-hybridized carbons (Fsp3) is 0.625. The van der Waals surface area contributed by atoms with E-state index in [1.165, 1.54) is 83.5 Å². The molecule has 0 radical (unpaired) electrons. The van der Waals surface area contributed by atoms with Crippen molar-refractivity contribution in [3.63, 3.8) is 0 Å². The van der Waals surface area contributed by atoms with Crippen LogP contribution >= 0.6 is 0 Å². The van der Waals surface area contributed by atoms with Gasteiger partial charge in [-0.1, -0.05) is 276 Å². The minimum Gasteiger partial charge on any atom is -0.462 e. The normalized spacial score (nSPS) is 13.1. The number of ether oxygens (including phenoxy) is 3. The van der Waals surface area contributed by atoms with Crippen molar-refractivity contribution in [2.45, 2.75) is 277 Å². The van der Waals surface area contributed by atoms with Gasteiger partial charge in [-0.05, 0) is 122 Å². The molecule has 0 aliphatic rings. The summed E-state index contributed by atoms with van der Waals surface area (Å²) >= 11 is 0. The summed E-state index contributed by atoms with van der Waals surface area (Å²) in [6.07, 6.45) is 93.1. The van der Waals surface area contributed by atoms with Crippen LogP contribution in [0.15, 0.2) is 146 Å². The van der Waals surface area contributed by atoms with Crippen LogP contribution in [0.5, 0.6) is 0 Å². The molecule has 0 saturated heterocycles. The van der Waals surface area contributed by atoms with E-state index in [1.807, 2.05) is 0 Å². The molecule has 6 heteroatoms. The summed E-state index contributed by atoms with van der Waals surface area (Å²) in [5.41, 5.74) is 0. The van der Waals surface area contributed by atoms with Gasteiger partial charge in [-0.2, -0.15) is 0 Å². The Morgan fingerprint density at radius 2 is 0.500 bits per heavy atom. The second kappa shape index (κ2) is 64.8. The van der Waals surface area contributed by atoms with E-state index in [2.05, 4.69) is 167 Å². The lowest BCUT2D eigenvalue weighted by Gasteiger charge is -2.18. The fourth-order valence-corrected chi connectivity index (χ4v) is 8.39. The van der Waals surface area contributed by atoms with Crippen LogP contribution in [-0.4, -0.2) is 37.2 Å². The Morgan fingerprint density at radius 3 is 0.782 bits per heavy atom. The van der Waals surface area contributed by atoms with Crippen molar-refractivity contribution in [3.05, 3.63) is 146 Å². The van der Waals surface area contributed by atoms with Gasteiger partial charge in [0.2, 0.25) is 0 Å². The summed E-state index contributed by atoms with van der Waals surface area (Å²) in [5.74, 6) is -0.917. The van der Waals surface area contributed by atoms with Crippen LogP contribution < -0.4 is 0 Å². The predicted molar refractivity (Wildman–Crippen MR) is 339 cm³/mol. The lowest BCUT2D eigenvalue weighted by atomic mass is 10.1. The van der Waals surface area contributed by atoms with Gasteiger partial charge >= 0.3 is 17.9 Å². The number of rotatable bonds is 56. The molecular formula is C72H116O6. The van der Waals surface area contributed by atoms with Crippen molar-refractivity contribution in [2.75, 3.05) is 13.2 Å². The number of hydrogen-bond acceptors (Lipinski definition) is 6. The van der Waals surface area contributed by atoms with E-state index < -0.39 is 6.10 Å². The maximum absolute atomic E-state index is 12.9. The molecule has 0 aliphatic heterocycles. The smallest absolute Gasteiger partial charge is 0.306 e. The van der Waals surface area contributed by atoms with Crippen molar-refractivity contribution >= 4 is 17.9 Å². The first-order valence-electron chi connectivity index (χ1n) is 31.8. The SMILES string of the molecule is CC/C=C\C/C=C\C/C=C\C/C=C\C/C=C\C/C=C\CCCCCCCCCCC(=O)OCC(COC(=O)CCCCCCCC)OC(=O)CCCCCCCCCC/C=C\C/C=C\C/C=C\C/C=C\C/C=C\C/C=C\CC. The Hall–Kier alpha value is -4.71. The highest BCUT2D eigenvalue weighted by Crippen LogP contribution is 2.15. The third-order valence-electron chi connectivity index (χ3n) is 13.1. The summed E-state index contributed by atoms with van der Waals surface area (Å²) < 4.78 is 16.8. The predicted octanol–water partition coefficient (Wildman–Crippen LogP) is 21.9. The lowest BCUT2D eigenvalue weighted by molar-refractivity contribution is -0.167. The third-order valence-corrected chi connectivity index (χ3v) is 13.1. The van der Waals surface area contributed by atoms with Gasteiger partial charge < -0.3 is 14.2 Å². The molecule has 0 aliphatic carbocycles. The van der Waals surface area contributed by atoms with Crippen LogP contribution in [0.1, 0.15) is 271 Å². The summed E-state index contributed by atoms with van der Waals surface area (Å²) in [6.45, 7) is 6.34. The van der Waals surface area contributed by atoms with Crippen molar-refractivity contribution in [1.82, 2.24) is 0 Å². The van der Waals surface area contributed by atoms with Gasteiger partial charge in [0.05, 0.1) is 0 Å². The Bertz CT molecular complexity index is 1710. The minimum absolute atomic E-state index is 0.0881. The van der Waals surface area contributed by atoms with Crippen molar-refractivity contribution in [1.29, 1.82) is 0 Å². The zero-order valence-electron chi connectivity index (χ0n) is 50.4. The maximum Gasteiger partial charge on any atom is 0.306 e. The monoisotopic (exact) mass is 1080 g/mol. The molecular weight excluding hydrogens is 961 g/mol. The van der Waals surface area contributed by atoms with Crippen LogP contribution in [0, 0.1) is 0 Å². The van der Waals surface area contributed by atoms with E-state index in [-0.39, 0.29) is 31.1 Å². The molecule has 440 valence electrons. The minimum atomic E-state index is -0.790. The molecule has 0 amide bonds. The van der Waals surface area contributed by atoms with E-state index in [4.69, 9.17) is 14.2 Å². The number of allylic oxidation sites excluding steroid dienone is 24. The first kappa shape index (κ1) is 73.3. The number of carbonyl (C=O) groups is 3. The van der Waals surface area contributed by atoms with E-state index in [0.717, 1.165) is 148 Å². The highest BCUT2D eigenvalue weighted by molar-refractivity contribution is 5.71. The second-order valence-electron chi connectivity index (χ2n) is 20.6. The molecule has 0 N–H and O–H groups in total. The van der Waals surface area contributed by atoms with Crippen LogP contribution in [0.3, 0.4) is 0 Å². The lowest BCUT2D eigenvalue weighted by Crippen LogP contribution is -2.30. The first-order chi connectivity index (χ1) is 38.5. The molecule has 0 rings (SSSR count). The maximum atomic E-state index is 12.9. The van der Waals surface area contributed by atoms with Crippen molar-refractivity contribution in [3.8, 4) is 0 Å². The van der Waals surface area contributed by atoms with E-state index >= 15 is 0 Å². The van der Waals surface area contributed by atoms with E-state index in [9.17, 15) is 14.4 Å². The van der Waals surface area contributed by atoms with Gasteiger partial charge in [0.15, 0.2) is 6.10 Å². The summed E-state index contributed by atoms with van der Waals surface area (Å²) in [4.78, 5) is 38.0. The van der Waals surface area contributed by atoms with Crippen LogP contribution in [0.4, 0.5) is 0 Å². The van der Waals surface area contributed by atoms with Crippen molar-refractivity contribution < 1.29 is 28.6 Å². The van der Waals surface area contributed by atoms with Gasteiger partial charge in [-0.15, -0.1) is 0 Å². The van der Waals surface area contributed by atoms with Gasteiger partial charge in [-0.25, -0.2) is 0 Å². The molecule has 0 aromatic heterocycles. The molecule has 6 nitrogen and oxygen atoms in total. The number of hydrogen-bond donors (Lipinski definition) is 0.